The van der Waals surface area contributed by atoms with Gasteiger partial charge in [-0.15, -0.1) is 0 Å². The largest absolute Gasteiger partial charge is 0.351 e. The Hall–Kier alpha value is -2.69. The zero-order valence-corrected chi connectivity index (χ0v) is 14.7. The maximum absolute atomic E-state index is 12.9. The van der Waals surface area contributed by atoms with Crippen molar-refractivity contribution in [3.63, 3.8) is 0 Å². The lowest BCUT2D eigenvalue weighted by atomic mass is 10.1. The minimum Gasteiger partial charge on any atom is -0.351 e. The molecule has 2 heterocycles. The van der Waals surface area contributed by atoms with Crippen LogP contribution in [-0.4, -0.2) is 28.2 Å². The van der Waals surface area contributed by atoms with E-state index in [0.717, 1.165) is 36.3 Å². The zero-order chi connectivity index (χ0) is 17.8. The van der Waals surface area contributed by atoms with Crippen molar-refractivity contribution in [2.75, 3.05) is 6.54 Å². The number of likely N-dealkylation sites (tertiary alicyclic amines) is 1. The minimum atomic E-state index is -0.0794. The molecule has 0 saturated carbocycles. The van der Waals surface area contributed by atoms with Crippen molar-refractivity contribution < 1.29 is 9.59 Å². The molecule has 0 spiro atoms. The number of amides is 2. The van der Waals surface area contributed by atoms with Crippen LogP contribution in [0.5, 0.6) is 0 Å². The zero-order valence-electron chi connectivity index (χ0n) is 14.7. The molecule has 25 heavy (non-hydrogen) atoms. The number of carbonyl (C=O) groups excluding carboxylic acids is 2. The molecule has 3 rings (SSSR count). The fraction of sp³-hybridized carbons (Fsp3) is 0.350. The first-order valence-corrected chi connectivity index (χ1v) is 8.62. The average Bonchev–Trinajstić information content (AvgIpc) is 3.10. The van der Waals surface area contributed by atoms with Crippen molar-refractivity contribution >= 4 is 11.8 Å². The summed E-state index contributed by atoms with van der Waals surface area (Å²) in [4.78, 5) is 30.5. The maximum atomic E-state index is 12.9. The van der Waals surface area contributed by atoms with Crippen molar-refractivity contribution in [3.8, 4) is 0 Å². The Morgan fingerprint density at radius 3 is 2.68 bits per heavy atom. The molecule has 1 saturated heterocycles. The number of carbonyl (C=O) groups is 2. The number of hydrogen-bond acceptors (Lipinski definition) is 3. The molecule has 1 aromatic heterocycles. The molecule has 1 aliphatic rings. The molecule has 130 valence electrons. The summed E-state index contributed by atoms with van der Waals surface area (Å²) in [5.74, 6) is -0.0270. The van der Waals surface area contributed by atoms with Gasteiger partial charge in [-0.05, 0) is 44.0 Å². The van der Waals surface area contributed by atoms with E-state index in [9.17, 15) is 9.59 Å². The van der Waals surface area contributed by atoms with E-state index < -0.39 is 0 Å². The van der Waals surface area contributed by atoms with E-state index in [1.54, 1.807) is 0 Å². The molecule has 1 aromatic carbocycles. The Balaban J connectivity index is 1.79. The summed E-state index contributed by atoms with van der Waals surface area (Å²) in [6.45, 7) is 4.65. The molecule has 0 radical (unpaired) electrons. The van der Waals surface area contributed by atoms with Gasteiger partial charge in [0.05, 0.1) is 24.0 Å². The summed E-state index contributed by atoms with van der Waals surface area (Å²) >= 11 is 0. The minimum absolute atomic E-state index is 0.00826. The molecule has 1 fully saturated rings. The van der Waals surface area contributed by atoms with Crippen LogP contribution in [0.3, 0.4) is 0 Å². The van der Waals surface area contributed by atoms with E-state index in [1.165, 1.54) is 6.92 Å². The first-order valence-electron chi connectivity index (χ1n) is 8.62. The molecule has 1 aliphatic heterocycles. The fourth-order valence-corrected chi connectivity index (χ4v) is 3.18. The molecule has 0 unspecified atom stereocenters. The van der Waals surface area contributed by atoms with E-state index in [0.29, 0.717) is 12.1 Å². The van der Waals surface area contributed by atoms with Crippen LogP contribution in [0, 0.1) is 6.92 Å². The molecular weight excluding hydrogens is 314 g/mol. The van der Waals surface area contributed by atoms with Crippen LogP contribution >= 0.6 is 0 Å². The maximum Gasteiger partial charge on any atom is 0.254 e. The summed E-state index contributed by atoms with van der Waals surface area (Å²) < 4.78 is 0. The Morgan fingerprint density at radius 1 is 1.20 bits per heavy atom. The van der Waals surface area contributed by atoms with Crippen LogP contribution in [0.25, 0.3) is 0 Å². The van der Waals surface area contributed by atoms with E-state index in [-0.39, 0.29) is 17.9 Å². The second-order valence-corrected chi connectivity index (χ2v) is 6.49. The van der Waals surface area contributed by atoms with Gasteiger partial charge in [0.2, 0.25) is 5.91 Å². The van der Waals surface area contributed by atoms with Crippen LogP contribution in [0.1, 0.15) is 53.1 Å². The Bertz CT molecular complexity index is 771. The van der Waals surface area contributed by atoms with Gasteiger partial charge in [0, 0.05) is 19.0 Å². The van der Waals surface area contributed by atoms with Gasteiger partial charge in [-0.2, -0.15) is 0 Å². The molecular formula is C20H23N3O2. The third-order valence-corrected chi connectivity index (χ3v) is 4.50. The van der Waals surface area contributed by atoms with Gasteiger partial charge in [-0.3, -0.25) is 14.6 Å². The lowest BCUT2D eigenvalue weighted by molar-refractivity contribution is -0.119. The van der Waals surface area contributed by atoms with Crippen molar-refractivity contribution in [2.45, 2.75) is 39.3 Å². The first kappa shape index (κ1) is 17.1. The van der Waals surface area contributed by atoms with Gasteiger partial charge in [-0.1, -0.05) is 23.8 Å². The van der Waals surface area contributed by atoms with Gasteiger partial charge >= 0.3 is 0 Å². The standard InChI is InChI=1S/C20H23N3O2/c1-14-8-10-16(11-9-14)20(25)23-12-4-7-19(23)18-6-3-5-17(22-18)13-21-15(2)24/h3,5-6,8-11,19H,4,7,12-13H2,1-2H3,(H,21,24)/t19-/m0/s1. The van der Waals surface area contributed by atoms with Gasteiger partial charge in [0.1, 0.15) is 0 Å². The van der Waals surface area contributed by atoms with Gasteiger partial charge in [0.25, 0.3) is 5.91 Å². The van der Waals surface area contributed by atoms with Crippen LogP contribution < -0.4 is 5.32 Å². The molecule has 0 aliphatic carbocycles. The number of benzene rings is 1. The average molecular weight is 337 g/mol. The SMILES string of the molecule is CC(=O)NCc1cccc([C@@H]2CCCN2C(=O)c2ccc(C)cc2)n1. The van der Waals surface area contributed by atoms with E-state index in [4.69, 9.17) is 0 Å². The fourth-order valence-electron chi connectivity index (χ4n) is 3.18. The van der Waals surface area contributed by atoms with E-state index in [1.807, 2.05) is 54.3 Å². The van der Waals surface area contributed by atoms with Crippen LogP contribution in [0.2, 0.25) is 0 Å². The summed E-state index contributed by atoms with van der Waals surface area (Å²) in [7, 11) is 0. The molecule has 5 nitrogen and oxygen atoms in total. The summed E-state index contributed by atoms with van der Waals surface area (Å²) in [5, 5.41) is 2.76. The number of aromatic nitrogens is 1. The third kappa shape index (κ3) is 4.05. The van der Waals surface area contributed by atoms with Crippen molar-refractivity contribution in [1.29, 1.82) is 0 Å². The normalized spacial score (nSPS) is 16.7. The van der Waals surface area contributed by atoms with Crippen molar-refractivity contribution in [2.24, 2.45) is 0 Å². The van der Waals surface area contributed by atoms with Crippen LogP contribution in [-0.2, 0) is 11.3 Å². The summed E-state index contributed by atoms with van der Waals surface area (Å²) in [5.41, 5.74) is 3.55. The predicted octanol–water partition coefficient (Wildman–Crippen LogP) is 3.00. The number of nitrogens with one attached hydrogen (secondary N) is 1. The molecule has 5 heteroatoms. The number of rotatable bonds is 4. The molecule has 2 amide bonds. The molecule has 1 atom stereocenters. The highest BCUT2D eigenvalue weighted by molar-refractivity contribution is 5.94. The van der Waals surface area contributed by atoms with Gasteiger partial charge in [0.15, 0.2) is 0 Å². The Labute approximate surface area is 148 Å². The Kier molecular flexibility index (Phi) is 5.12. The highest BCUT2D eigenvalue weighted by atomic mass is 16.2. The van der Waals surface area contributed by atoms with Crippen LogP contribution in [0.15, 0.2) is 42.5 Å². The monoisotopic (exact) mass is 337 g/mol. The lowest BCUT2D eigenvalue weighted by Crippen LogP contribution is -2.31. The van der Waals surface area contributed by atoms with Crippen molar-refractivity contribution in [3.05, 3.63) is 65.0 Å². The number of pyridine rings is 1. The second-order valence-electron chi connectivity index (χ2n) is 6.49. The van der Waals surface area contributed by atoms with Gasteiger partial charge < -0.3 is 10.2 Å². The lowest BCUT2D eigenvalue weighted by Gasteiger charge is -2.25. The summed E-state index contributed by atoms with van der Waals surface area (Å²) in [6.07, 6.45) is 1.88. The predicted molar refractivity (Wildman–Crippen MR) is 95.9 cm³/mol. The third-order valence-electron chi connectivity index (χ3n) is 4.50. The first-order chi connectivity index (χ1) is 12.0. The highest BCUT2D eigenvalue weighted by Crippen LogP contribution is 2.32. The Morgan fingerprint density at radius 2 is 1.96 bits per heavy atom. The quantitative estimate of drug-likeness (QED) is 0.933. The van der Waals surface area contributed by atoms with Crippen LogP contribution in [0.4, 0.5) is 0 Å². The molecule has 1 N–H and O–H groups in total. The number of hydrogen-bond donors (Lipinski definition) is 1. The topological polar surface area (TPSA) is 62.3 Å². The van der Waals surface area contributed by atoms with Gasteiger partial charge in [-0.25, -0.2) is 0 Å². The molecule has 2 aromatic rings. The van der Waals surface area contributed by atoms with Crippen molar-refractivity contribution in [1.82, 2.24) is 15.2 Å². The number of nitrogens with zero attached hydrogens (tertiary/aromatic N) is 2. The summed E-state index contributed by atoms with van der Waals surface area (Å²) in [6, 6.07) is 13.5. The smallest absolute Gasteiger partial charge is 0.254 e. The highest BCUT2D eigenvalue weighted by Gasteiger charge is 2.31. The van der Waals surface area contributed by atoms with E-state index in [2.05, 4.69) is 10.3 Å². The second kappa shape index (κ2) is 7.47. The molecule has 0 bridgehead atoms. The number of aryl methyl sites for hydroxylation is 1. The van der Waals surface area contributed by atoms with E-state index >= 15 is 0 Å².